The highest BCUT2D eigenvalue weighted by molar-refractivity contribution is 7.89. The van der Waals surface area contributed by atoms with Gasteiger partial charge in [-0.1, -0.05) is 25.5 Å². The summed E-state index contributed by atoms with van der Waals surface area (Å²) in [5, 5.41) is 2.88. The van der Waals surface area contributed by atoms with E-state index < -0.39 is 10.0 Å². The van der Waals surface area contributed by atoms with Crippen molar-refractivity contribution in [1.82, 2.24) is 10.0 Å². The summed E-state index contributed by atoms with van der Waals surface area (Å²) in [5.74, 6) is 0.952. The Morgan fingerprint density at radius 1 is 1.14 bits per heavy atom. The van der Waals surface area contributed by atoms with Crippen molar-refractivity contribution in [3.8, 4) is 11.5 Å². The van der Waals surface area contributed by atoms with Gasteiger partial charge in [-0.05, 0) is 49.2 Å². The predicted octanol–water partition coefficient (Wildman–Crippen LogP) is 2.81. The number of benzene rings is 2. The lowest BCUT2D eigenvalue weighted by Gasteiger charge is -2.13. The number of hydrogen-bond acceptors (Lipinski definition) is 5. The van der Waals surface area contributed by atoms with E-state index in [2.05, 4.69) is 10.0 Å². The van der Waals surface area contributed by atoms with E-state index in [9.17, 15) is 13.2 Å². The molecule has 0 radical (unpaired) electrons. The quantitative estimate of drug-likeness (QED) is 0.706. The molecule has 0 unspecified atom stereocenters. The van der Waals surface area contributed by atoms with E-state index in [1.54, 1.807) is 30.3 Å². The first-order chi connectivity index (χ1) is 13.4. The maximum Gasteiger partial charge on any atom is 0.251 e. The lowest BCUT2D eigenvalue weighted by molar-refractivity contribution is 0.0938. The molecule has 2 aromatic carbocycles. The number of fused-ring (bicyclic) bond motifs is 1. The zero-order valence-corrected chi connectivity index (χ0v) is 16.7. The molecule has 3 rings (SSSR count). The maximum absolute atomic E-state index is 12.6. The number of sulfonamides is 1. The number of carbonyl (C=O) groups excluding carboxylic acids is 1. The Labute approximate surface area is 165 Å². The second-order valence-electron chi connectivity index (χ2n) is 6.70. The largest absolute Gasteiger partial charge is 0.454 e. The first kappa shape index (κ1) is 20.2. The molecular formula is C20H24N2O5S. The standard InChI is InChI=1S/C20H24N2O5S/c1-3-5-14(2)22-20(23)16-6-4-7-17(11-16)28(24,25)21-12-15-8-9-18-19(10-15)27-13-26-18/h4,6-11,14,21H,3,5,12-13H2,1-2H3,(H,22,23)/t14-/m0/s1. The van der Waals surface area contributed by atoms with Crippen LogP contribution >= 0.6 is 0 Å². The van der Waals surface area contributed by atoms with Gasteiger partial charge in [0.25, 0.3) is 5.91 Å². The number of nitrogens with one attached hydrogen (secondary N) is 2. The van der Waals surface area contributed by atoms with Crippen LogP contribution in [-0.2, 0) is 16.6 Å². The second kappa shape index (κ2) is 8.62. The Morgan fingerprint density at radius 3 is 2.71 bits per heavy atom. The maximum atomic E-state index is 12.6. The molecule has 1 heterocycles. The molecule has 1 aliphatic heterocycles. The molecule has 0 fully saturated rings. The lowest BCUT2D eigenvalue weighted by Crippen LogP contribution is -2.32. The van der Waals surface area contributed by atoms with Gasteiger partial charge in [-0.25, -0.2) is 13.1 Å². The van der Waals surface area contributed by atoms with Crippen molar-refractivity contribution in [1.29, 1.82) is 0 Å². The molecular weight excluding hydrogens is 380 g/mol. The van der Waals surface area contributed by atoms with Gasteiger partial charge in [0.05, 0.1) is 4.90 Å². The average Bonchev–Trinajstić information content (AvgIpc) is 3.14. The van der Waals surface area contributed by atoms with Crippen molar-refractivity contribution in [3.63, 3.8) is 0 Å². The summed E-state index contributed by atoms with van der Waals surface area (Å²) in [7, 11) is -3.77. The number of hydrogen-bond donors (Lipinski definition) is 2. The molecule has 0 saturated carbocycles. The van der Waals surface area contributed by atoms with Gasteiger partial charge in [0, 0.05) is 18.2 Å². The van der Waals surface area contributed by atoms with Crippen LogP contribution in [0, 0.1) is 0 Å². The molecule has 7 nitrogen and oxygen atoms in total. The first-order valence-corrected chi connectivity index (χ1v) is 10.7. The summed E-state index contributed by atoms with van der Waals surface area (Å²) < 4.78 is 38.4. The summed E-state index contributed by atoms with van der Waals surface area (Å²) in [6, 6.07) is 11.3. The van der Waals surface area contributed by atoms with E-state index in [4.69, 9.17) is 9.47 Å². The molecule has 150 valence electrons. The van der Waals surface area contributed by atoms with E-state index in [1.807, 2.05) is 13.8 Å². The normalized spacial score (nSPS) is 13.9. The molecule has 0 saturated heterocycles. The third kappa shape index (κ3) is 4.82. The van der Waals surface area contributed by atoms with Crippen molar-refractivity contribution in [2.24, 2.45) is 0 Å². The minimum atomic E-state index is -3.77. The topological polar surface area (TPSA) is 93.7 Å². The Morgan fingerprint density at radius 2 is 1.93 bits per heavy atom. The van der Waals surface area contributed by atoms with Gasteiger partial charge < -0.3 is 14.8 Å². The fourth-order valence-corrected chi connectivity index (χ4v) is 3.99. The van der Waals surface area contributed by atoms with Crippen LogP contribution in [0.2, 0.25) is 0 Å². The van der Waals surface area contributed by atoms with Crippen molar-refractivity contribution in [3.05, 3.63) is 53.6 Å². The average molecular weight is 404 g/mol. The van der Waals surface area contributed by atoms with E-state index in [0.29, 0.717) is 17.1 Å². The number of ether oxygens (including phenoxy) is 2. The zero-order chi connectivity index (χ0) is 20.1. The highest BCUT2D eigenvalue weighted by Gasteiger charge is 2.18. The summed E-state index contributed by atoms with van der Waals surface area (Å²) in [6.07, 6.45) is 1.82. The predicted molar refractivity (Wildman–Crippen MR) is 105 cm³/mol. The Kier molecular flexibility index (Phi) is 6.21. The third-order valence-electron chi connectivity index (χ3n) is 4.41. The first-order valence-electron chi connectivity index (χ1n) is 9.18. The van der Waals surface area contributed by atoms with Crippen LogP contribution in [0.25, 0.3) is 0 Å². The van der Waals surface area contributed by atoms with Crippen molar-refractivity contribution in [2.45, 2.75) is 44.2 Å². The molecule has 0 bridgehead atoms. The molecule has 1 aliphatic rings. The van der Waals surface area contributed by atoms with Crippen LogP contribution in [0.1, 0.15) is 42.6 Å². The van der Waals surface area contributed by atoms with E-state index in [1.165, 1.54) is 12.1 Å². The van der Waals surface area contributed by atoms with Crippen LogP contribution < -0.4 is 19.5 Å². The van der Waals surface area contributed by atoms with Crippen molar-refractivity contribution in [2.75, 3.05) is 6.79 Å². The fraction of sp³-hybridized carbons (Fsp3) is 0.350. The molecule has 1 amide bonds. The van der Waals surface area contributed by atoms with Gasteiger partial charge in [-0.15, -0.1) is 0 Å². The summed E-state index contributed by atoms with van der Waals surface area (Å²) in [4.78, 5) is 12.4. The van der Waals surface area contributed by atoms with E-state index in [-0.39, 0.29) is 30.2 Å². The lowest BCUT2D eigenvalue weighted by atomic mass is 10.1. The van der Waals surface area contributed by atoms with Gasteiger partial charge in [0.15, 0.2) is 11.5 Å². The summed E-state index contributed by atoms with van der Waals surface area (Å²) >= 11 is 0. The van der Waals surface area contributed by atoms with Gasteiger partial charge in [-0.2, -0.15) is 0 Å². The monoisotopic (exact) mass is 404 g/mol. The molecule has 0 spiro atoms. The third-order valence-corrected chi connectivity index (χ3v) is 5.81. The molecule has 8 heteroatoms. The van der Waals surface area contributed by atoms with Crippen LogP contribution in [0.4, 0.5) is 0 Å². The van der Waals surface area contributed by atoms with Gasteiger partial charge >= 0.3 is 0 Å². The Hall–Kier alpha value is -2.58. The number of rotatable bonds is 8. The smallest absolute Gasteiger partial charge is 0.251 e. The molecule has 1 atom stereocenters. The van der Waals surface area contributed by atoms with Crippen LogP contribution in [-0.4, -0.2) is 27.2 Å². The molecule has 2 aromatic rings. The Bertz CT molecular complexity index is 959. The fourth-order valence-electron chi connectivity index (χ4n) is 2.93. The van der Waals surface area contributed by atoms with Crippen LogP contribution in [0.3, 0.4) is 0 Å². The van der Waals surface area contributed by atoms with Gasteiger partial charge in [-0.3, -0.25) is 4.79 Å². The number of carbonyl (C=O) groups is 1. The summed E-state index contributed by atoms with van der Waals surface area (Å²) in [6.45, 7) is 4.23. The van der Waals surface area contributed by atoms with Crippen molar-refractivity contribution < 1.29 is 22.7 Å². The minimum absolute atomic E-state index is 0.0295. The minimum Gasteiger partial charge on any atom is -0.454 e. The zero-order valence-electron chi connectivity index (χ0n) is 15.9. The van der Waals surface area contributed by atoms with Gasteiger partial charge in [0.2, 0.25) is 16.8 Å². The van der Waals surface area contributed by atoms with Crippen LogP contribution in [0.15, 0.2) is 47.4 Å². The van der Waals surface area contributed by atoms with Gasteiger partial charge in [0.1, 0.15) is 0 Å². The van der Waals surface area contributed by atoms with E-state index >= 15 is 0 Å². The Balaban J connectivity index is 1.68. The summed E-state index contributed by atoms with van der Waals surface area (Å²) in [5.41, 5.74) is 1.06. The highest BCUT2D eigenvalue weighted by Crippen LogP contribution is 2.32. The van der Waals surface area contributed by atoms with Crippen LogP contribution in [0.5, 0.6) is 11.5 Å². The number of amides is 1. The molecule has 28 heavy (non-hydrogen) atoms. The highest BCUT2D eigenvalue weighted by atomic mass is 32.2. The van der Waals surface area contributed by atoms with Crippen molar-refractivity contribution >= 4 is 15.9 Å². The SMILES string of the molecule is CCC[C@H](C)NC(=O)c1cccc(S(=O)(=O)NCc2ccc3c(c2)OCO3)c1. The second-order valence-corrected chi connectivity index (χ2v) is 8.47. The molecule has 0 aliphatic carbocycles. The molecule has 2 N–H and O–H groups in total. The molecule has 0 aromatic heterocycles. The van der Waals surface area contributed by atoms with E-state index in [0.717, 1.165) is 18.4 Å².